The highest BCUT2D eigenvalue weighted by atomic mass is 127. The summed E-state index contributed by atoms with van der Waals surface area (Å²) in [4.78, 5) is 7.05. The number of anilines is 1. The van der Waals surface area contributed by atoms with E-state index >= 15 is 0 Å². The molecule has 0 saturated carbocycles. The van der Waals surface area contributed by atoms with Crippen LogP contribution in [0.3, 0.4) is 0 Å². The maximum absolute atomic E-state index is 5.99. The first-order valence-electron chi connectivity index (χ1n) is 7.95. The number of rotatable bonds is 4. The van der Waals surface area contributed by atoms with Crippen LogP contribution < -0.4 is 11.1 Å². The normalized spacial score (nSPS) is 21.0. The second-order valence-electron chi connectivity index (χ2n) is 6.15. The molecule has 0 spiro atoms. The van der Waals surface area contributed by atoms with Gasteiger partial charge in [-0.3, -0.25) is 9.89 Å². The molecule has 0 bridgehead atoms. The molecule has 1 aliphatic heterocycles. The van der Waals surface area contributed by atoms with Gasteiger partial charge in [0.2, 0.25) is 0 Å². The van der Waals surface area contributed by atoms with E-state index < -0.39 is 0 Å². The zero-order valence-corrected chi connectivity index (χ0v) is 16.2. The number of piperidine rings is 1. The standard InChI is InChI=1S/C17H28N4.HI/c1-13-7-6-9-16(11-13)20-17(18)19-12-15(3)21-10-5-4-8-14(21)2;/h6-7,9,11,14-15H,4-5,8,10,12H2,1-3H3,(H3,18,19,20);1H. The Bertz CT molecular complexity index is 489. The predicted octanol–water partition coefficient (Wildman–Crippen LogP) is 3.60. The molecule has 1 saturated heterocycles. The Morgan fingerprint density at radius 2 is 2.23 bits per heavy atom. The molecule has 0 aliphatic carbocycles. The van der Waals surface area contributed by atoms with E-state index in [4.69, 9.17) is 5.73 Å². The van der Waals surface area contributed by atoms with E-state index in [1.54, 1.807) is 0 Å². The summed E-state index contributed by atoms with van der Waals surface area (Å²) in [7, 11) is 0. The van der Waals surface area contributed by atoms with Gasteiger partial charge in [0.05, 0.1) is 6.54 Å². The molecule has 2 atom stereocenters. The van der Waals surface area contributed by atoms with E-state index in [9.17, 15) is 0 Å². The maximum atomic E-state index is 5.99. The smallest absolute Gasteiger partial charge is 0.193 e. The fourth-order valence-electron chi connectivity index (χ4n) is 3.02. The number of nitrogens with one attached hydrogen (secondary N) is 1. The van der Waals surface area contributed by atoms with Gasteiger partial charge in [-0.2, -0.15) is 0 Å². The van der Waals surface area contributed by atoms with Gasteiger partial charge in [-0.1, -0.05) is 18.6 Å². The minimum absolute atomic E-state index is 0. The molecule has 2 rings (SSSR count). The van der Waals surface area contributed by atoms with E-state index in [2.05, 4.69) is 48.1 Å². The van der Waals surface area contributed by atoms with Crippen LogP contribution in [0.25, 0.3) is 0 Å². The van der Waals surface area contributed by atoms with Crippen LogP contribution in [-0.2, 0) is 0 Å². The molecule has 5 heteroatoms. The van der Waals surface area contributed by atoms with Gasteiger partial charge in [0, 0.05) is 17.8 Å². The first-order chi connectivity index (χ1) is 10.1. The van der Waals surface area contributed by atoms with E-state index in [1.807, 2.05) is 12.1 Å². The molecule has 0 amide bonds. The van der Waals surface area contributed by atoms with Crippen molar-refractivity contribution in [2.24, 2.45) is 10.7 Å². The third-order valence-corrected chi connectivity index (χ3v) is 4.24. The minimum atomic E-state index is 0. The molecule has 1 heterocycles. The second kappa shape index (κ2) is 9.35. The third-order valence-electron chi connectivity index (χ3n) is 4.24. The van der Waals surface area contributed by atoms with Gasteiger partial charge in [-0.25, -0.2) is 0 Å². The third kappa shape index (κ3) is 5.76. The highest BCUT2D eigenvalue weighted by molar-refractivity contribution is 14.0. The summed E-state index contributed by atoms with van der Waals surface area (Å²) in [5.74, 6) is 0.497. The number of likely N-dealkylation sites (tertiary alicyclic amines) is 1. The summed E-state index contributed by atoms with van der Waals surface area (Å²) in [5.41, 5.74) is 8.20. The van der Waals surface area contributed by atoms with Crippen molar-refractivity contribution < 1.29 is 0 Å². The Balaban J connectivity index is 0.00000242. The van der Waals surface area contributed by atoms with Crippen molar-refractivity contribution in [2.45, 2.75) is 52.1 Å². The van der Waals surface area contributed by atoms with Crippen LogP contribution in [0.4, 0.5) is 5.69 Å². The first kappa shape index (κ1) is 19.2. The Hall–Kier alpha value is -0.820. The molecular weight excluding hydrogens is 387 g/mol. The number of halogens is 1. The van der Waals surface area contributed by atoms with Gasteiger partial charge in [-0.15, -0.1) is 24.0 Å². The lowest BCUT2D eigenvalue weighted by Crippen LogP contribution is -2.45. The minimum Gasteiger partial charge on any atom is -0.370 e. The lowest BCUT2D eigenvalue weighted by molar-refractivity contribution is 0.118. The fourth-order valence-corrected chi connectivity index (χ4v) is 3.02. The van der Waals surface area contributed by atoms with Crippen LogP contribution in [0.2, 0.25) is 0 Å². The lowest BCUT2D eigenvalue weighted by atomic mass is 10.0. The summed E-state index contributed by atoms with van der Waals surface area (Å²) >= 11 is 0. The Morgan fingerprint density at radius 3 is 2.91 bits per heavy atom. The first-order valence-corrected chi connectivity index (χ1v) is 7.95. The van der Waals surface area contributed by atoms with Crippen molar-refractivity contribution in [3.8, 4) is 0 Å². The van der Waals surface area contributed by atoms with Crippen LogP contribution in [-0.4, -0.2) is 36.0 Å². The zero-order chi connectivity index (χ0) is 15.2. The largest absolute Gasteiger partial charge is 0.370 e. The molecule has 0 radical (unpaired) electrons. The number of aryl methyl sites for hydroxylation is 1. The number of nitrogens with two attached hydrogens (primary N) is 1. The van der Waals surface area contributed by atoms with Gasteiger partial charge in [-0.05, 0) is 57.9 Å². The van der Waals surface area contributed by atoms with Gasteiger partial charge in [0.25, 0.3) is 0 Å². The topological polar surface area (TPSA) is 53.6 Å². The van der Waals surface area contributed by atoms with Gasteiger partial charge < -0.3 is 11.1 Å². The number of hydrogen-bond donors (Lipinski definition) is 2. The van der Waals surface area contributed by atoms with Crippen LogP contribution >= 0.6 is 24.0 Å². The van der Waals surface area contributed by atoms with Crippen molar-refractivity contribution in [3.05, 3.63) is 29.8 Å². The molecule has 1 aliphatic rings. The highest BCUT2D eigenvalue weighted by Gasteiger charge is 2.22. The Labute approximate surface area is 151 Å². The quantitative estimate of drug-likeness (QED) is 0.448. The van der Waals surface area contributed by atoms with E-state index in [-0.39, 0.29) is 24.0 Å². The predicted molar refractivity (Wildman–Crippen MR) is 106 cm³/mol. The van der Waals surface area contributed by atoms with E-state index in [0.717, 1.165) is 12.2 Å². The molecule has 2 unspecified atom stereocenters. The van der Waals surface area contributed by atoms with Crippen molar-refractivity contribution in [3.63, 3.8) is 0 Å². The Kier molecular flexibility index (Phi) is 8.17. The number of hydrogen-bond acceptors (Lipinski definition) is 2. The molecule has 1 aromatic rings. The summed E-state index contributed by atoms with van der Waals surface area (Å²) in [6, 6.07) is 9.26. The summed E-state index contributed by atoms with van der Waals surface area (Å²) in [6.45, 7) is 8.55. The molecule has 1 aromatic carbocycles. The van der Waals surface area contributed by atoms with E-state index in [1.165, 1.54) is 31.4 Å². The number of guanidine groups is 1. The number of benzene rings is 1. The summed E-state index contributed by atoms with van der Waals surface area (Å²) in [6.07, 6.45) is 3.95. The van der Waals surface area contributed by atoms with Crippen LogP contribution in [0.5, 0.6) is 0 Å². The van der Waals surface area contributed by atoms with Gasteiger partial charge in [0.15, 0.2) is 5.96 Å². The molecule has 3 N–H and O–H groups in total. The molecule has 124 valence electrons. The average Bonchev–Trinajstić information content (AvgIpc) is 2.45. The maximum Gasteiger partial charge on any atom is 0.193 e. The molecule has 0 aromatic heterocycles. The van der Waals surface area contributed by atoms with Crippen molar-refractivity contribution in [2.75, 3.05) is 18.4 Å². The van der Waals surface area contributed by atoms with Crippen LogP contribution in [0, 0.1) is 6.92 Å². The van der Waals surface area contributed by atoms with Crippen molar-refractivity contribution in [1.29, 1.82) is 0 Å². The summed E-state index contributed by atoms with van der Waals surface area (Å²) < 4.78 is 0. The van der Waals surface area contributed by atoms with Crippen LogP contribution in [0.15, 0.2) is 29.3 Å². The van der Waals surface area contributed by atoms with E-state index in [0.29, 0.717) is 18.0 Å². The Morgan fingerprint density at radius 1 is 1.45 bits per heavy atom. The summed E-state index contributed by atoms with van der Waals surface area (Å²) in [5, 5.41) is 3.16. The average molecular weight is 416 g/mol. The lowest BCUT2D eigenvalue weighted by Gasteiger charge is -2.37. The molecule has 4 nitrogen and oxygen atoms in total. The number of nitrogens with zero attached hydrogens (tertiary/aromatic N) is 2. The zero-order valence-electron chi connectivity index (χ0n) is 13.9. The number of aliphatic imine (C=N–C) groups is 1. The van der Waals surface area contributed by atoms with Crippen molar-refractivity contribution in [1.82, 2.24) is 4.90 Å². The SMILES string of the molecule is Cc1cccc(NC(N)=NCC(C)N2CCCCC2C)c1.I. The second-order valence-corrected chi connectivity index (χ2v) is 6.15. The fraction of sp³-hybridized carbons (Fsp3) is 0.588. The molecule has 22 heavy (non-hydrogen) atoms. The van der Waals surface area contributed by atoms with Crippen LogP contribution in [0.1, 0.15) is 38.7 Å². The monoisotopic (exact) mass is 416 g/mol. The molecular formula is C17H29IN4. The highest BCUT2D eigenvalue weighted by Crippen LogP contribution is 2.19. The van der Waals surface area contributed by atoms with Gasteiger partial charge in [0.1, 0.15) is 0 Å². The van der Waals surface area contributed by atoms with Gasteiger partial charge >= 0.3 is 0 Å². The molecule has 1 fully saturated rings. The van der Waals surface area contributed by atoms with Crippen molar-refractivity contribution >= 4 is 35.6 Å².